The number of nitrogens with zero attached hydrogens (tertiary/aromatic N) is 4. The minimum atomic E-state index is -0.505. The van der Waals surface area contributed by atoms with Gasteiger partial charge in [0.1, 0.15) is 12.4 Å². The number of amides is 1. The Morgan fingerprint density at radius 1 is 1.28 bits per heavy atom. The predicted octanol–water partition coefficient (Wildman–Crippen LogP) is 2.25. The number of hydrogen-bond acceptors (Lipinski definition) is 6. The van der Waals surface area contributed by atoms with Crippen LogP contribution < -0.4 is 5.76 Å². The van der Waals surface area contributed by atoms with Crippen LogP contribution in [0.25, 0.3) is 11.1 Å². The number of hydrogen-bond donors (Lipinski definition) is 0. The van der Waals surface area contributed by atoms with Crippen molar-refractivity contribution in [3.8, 4) is 0 Å². The first-order valence-corrected chi connectivity index (χ1v) is 9.74. The smallest absolute Gasteiger partial charge is 0.408 e. The normalized spacial score (nSPS) is 15.2. The molecule has 0 atom stereocenters. The first kappa shape index (κ1) is 19.3. The van der Waals surface area contributed by atoms with Crippen molar-refractivity contribution < 1.29 is 13.9 Å². The summed E-state index contributed by atoms with van der Waals surface area (Å²) in [6, 6.07) is 7.14. The number of aryl methyl sites for hydroxylation is 1. The van der Waals surface area contributed by atoms with Crippen molar-refractivity contribution in [1.82, 2.24) is 19.4 Å². The molecule has 1 aliphatic rings. The zero-order valence-electron chi connectivity index (χ0n) is 16.6. The highest BCUT2D eigenvalue weighted by molar-refractivity contribution is 5.79. The van der Waals surface area contributed by atoms with Crippen LogP contribution in [0.4, 0.5) is 0 Å². The minimum absolute atomic E-state index is 0.0119. The lowest BCUT2D eigenvalue weighted by molar-refractivity contribution is -0.132. The first-order chi connectivity index (χ1) is 14.1. The van der Waals surface area contributed by atoms with Gasteiger partial charge in [0.25, 0.3) is 0 Å². The van der Waals surface area contributed by atoms with Crippen LogP contribution in [0.3, 0.4) is 0 Å². The molecule has 1 fully saturated rings. The SMILES string of the molecule is COCc1cnc(C)nc1C1CCN(C(=O)Cn2c(=O)oc3ccccc32)CC1. The number of para-hydroxylation sites is 2. The van der Waals surface area contributed by atoms with Gasteiger partial charge in [-0.05, 0) is 31.9 Å². The fraction of sp³-hybridized carbons (Fsp3) is 0.429. The van der Waals surface area contributed by atoms with E-state index in [-0.39, 0.29) is 18.4 Å². The molecule has 0 saturated carbocycles. The van der Waals surface area contributed by atoms with E-state index in [0.29, 0.717) is 30.8 Å². The molecule has 2 aromatic heterocycles. The molecule has 1 aromatic carbocycles. The van der Waals surface area contributed by atoms with Crippen LogP contribution in [0.1, 0.15) is 35.8 Å². The van der Waals surface area contributed by atoms with E-state index in [1.165, 1.54) is 4.57 Å². The number of aromatic nitrogens is 3. The maximum atomic E-state index is 12.8. The Kier molecular flexibility index (Phi) is 5.44. The third-order valence-electron chi connectivity index (χ3n) is 5.42. The second-order valence-corrected chi connectivity index (χ2v) is 7.34. The van der Waals surface area contributed by atoms with E-state index in [4.69, 9.17) is 9.15 Å². The Morgan fingerprint density at radius 2 is 2.03 bits per heavy atom. The van der Waals surface area contributed by atoms with E-state index in [2.05, 4.69) is 9.97 Å². The molecular formula is C21H24N4O4. The Labute approximate surface area is 168 Å². The molecule has 1 amide bonds. The van der Waals surface area contributed by atoms with E-state index in [9.17, 15) is 9.59 Å². The number of carbonyl (C=O) groups is 1. The van der Waals surface area contributed by atoms with Gasteiger partial charge in [-0.25, -0.2) is 14.8 Å². The molecule has 29 heavy (non-hydrogen) atoms. The molecule has 3 aromatic rings. The molecule has 0 unspecified atom stereocenters. The Balaban J connectivity index is 1.45. The second kappa shape index (κ2) is 8.16. The van der Waals surface area contributed by atoms with Crippen molar-refractivity contribution in [1.29, 1.82) is 0 Å². The molecular weight excluding hydrogens is 372 g/mol. The molecule has 8 nitrogen and oxygen atoms in total. The van der Waals surface area contributed by atoms with Crippen LogP contribution in [0, 0.1) is 6.92 Å². The van der Waals surface area contributed by atoms with Gasteiger partial charge in [-0.3, -0.25) is 9.36 Å². The minimum Gasteiger partial charge on any atom is -0.408 e. The largest absolute Gasteiger partial charge is 0.420 e. The average molecular weight is 396 g/mol. The van der Waals surface area contributed by atoms with Crippen molar-refractivity contribution in [2.75, 3.05) is 20.2 Å². The summed E-state index contributed by atoms with van der Waals surface area (Å²) < 4.78 is 11.9. The number of likely N-dealkylation sites (tertiary alicyclic amines) is 1. The van der Waals surface area contributed by atoms with Gasteiger partial charge in [0.05, 0.1) is 17.8 Å². The number of carbonyl (C=O) groups excluding carboxylic acids is 1. The van der Waals surface area contributed by atoms with E-state index in [1.807, 2.05) is 24.1 Å². The Morgan fingerprint density at radius 3 is 2.79 bits per heavy atom. The fourth-order valence-corrected chi connectivity index (χ4v) is 3.93. The number of rotatable bonds is 5. The van der Waals surface area contributed by atoms with Gasteiger partial charge in [0.2, 0.25) is 5.91 Å². The number of fused-ring (bicyclic) bond motifs is 1. The van der Waals surface area contributed by atoms with Crippen molar-refractivity contribution in [3.05, 3.63) is 58.1 Å². The molecule has 0 N–H and O–H groups in total. The number of benzene rings is 1. The number of piperidine rings is 1. The summed E-state index contributed by atoms with van der Waals surface area (Å²) in [6.45, 7) is 3.60. The molecule has 0 spiro atoms. The Hall–Kier alpha value is -3.00. The molecule has 1 aliphatic heterocycles. The molecule has 4 rings (SSSR count). The predicted molar refractivity (Wildman–Crippen MR) is 107 cm³/mol. The van der Waals surface area contributed by atoms with Gasteiger partial charge < -0.3 is 14.1 Å². The highest BCUT2D eigenvalue weighted by Crippen LogP contribution is 2.29. The van der Waals surface area contributed by atoms with Gasteiger partial charge in [0.15, 0.2) is 5.58 Å². The summed E-state index contributed by atoms with van der Waals surface area (Å²) in [5.74, 6) is 0.427. The van der Waals surface area contributed by atoms with Gasteiger partial charge >= 0.3 is 5.76 Å². The van der Waals surface area contributed by atoms with E-state index < -0.39 is 5.76 Å². The maximum Gasteiger partial charge on any atom is 0.420 e. The molecule has 1 saturated heterocycles. The summed E-state index contributed by atoms with van der Waals surface area (Å²) in [7, 11) is 1.66. The van der Waals surface area contributed by atoms with Crippen molar-refractivity contribution in [3.63, 3.8) is 0 Å². The monoisotopic (exact) mass is 396 g/mol. The summed E-state index contributed by atoms with van der Waals surface area (Å²) >= 11 is 0. The van der Waals surface area contributed by atoms with Crippen LogP contribution in [-0.4, -0.2) is 45.5 Å². The van der Waals surface area contributed by atoms with E-state index in [0.717, 1.165) is 29.9 Å². The van der Waals surface area contributed by atoms with Gasteiger partial charge in [0, 0.05) is 37.9 Å². The summed E-state index contributed by atoms with van der Waals surface area (Å²) in [5, 5.41) is 0. The molecule has 152 valence electrons. The molecule has 3 heterocycles. The number of methoxy groups -OCH3 is 1. The van der Waals surface area contributed by atoms with Gasteiger partial charge in [-0.1, -0.05) is 12.1 Å². The summed E-state index contributed by atoms with van der Waals surface area (Å²) in [6.07, 6.45) is 3.47. The van der Waals surface area contributed by atoms with Crippen molar-refractivity contribution in [2.45, 2.75) is 38.8 Å². The van der Waals surface area contributed by atoms with Gasteiger partial charge in [-0.2, -0.15) is 0 Å². The third-order valence-corrected chi connectivity index (χ3v) is 5.42. The van der Waals surface area contributed by atoms with Crippen LogP contribution in [-0.2, 0) is 22.7 Å². The number of ether oxygens (including phenoxy) is 1. The topological polar surface area (TPSA) is 90.5 Å². The molecule has 0 bridgehead atoms. The van der Waals surface area contributed by atoms with Gasteiger partial charge in [-0.15, -0.1) is 0 Å². The number of oxazole rings is 1. The molecule has 8 heteroatoms. The maximum absolute atomic E-state index is 12.8. The highest BCUT2D eigenvalue weighted by atomic mass is 16.5. The summed E-state index contributed by atoms with van der Waals surface area (Å²) in [4.78, 5) is 35.7. The zero-order chi connectivity index (χ0) is 20.4. The Bertz CT molecular complexity index is 1080. The zero-order valence-corrected chi connectivity index (χ0v) is 16.6. The lowest BCUT2D eigenvalue weighted by Gasteiger charge is -2.32. The quantitative estimate of drug-likeness (QED) is 0.657. The van der Waals surface area contributed by atoms with Crippen LogP contribution >= 0.6 is 0 Å². The standard InChI is InChI=1S/C21H24N4O4/c1-14-22-11-16(13-28-2)20(23-14)15-7-9-24(10-8-15)19(26)12-25-17-5-3-4-6-18(17)29-21(25)27/h3-6,11,15H,7-10,12-13H2,1-2H3. The molecule has 0 aliphatic carbocycles. The fourth-order valence-electron chi connectivity index (χ4n) is 3.93. The van der Waals surface area contributed by atoms with E-state index in [1.54, 1.807) is 25.3 Å². The summed E-state index contributed by atoms with van der Waals surface area (Å²) in [5.41, 5.74) is 3.15. The molecule has 0 radical (unpaired) electrons. The second-order valence-electron chi connectivity index (χ2n) is 7.34. The van der Waals surface area contributed by atoms with Crippen LogP contribution in [0.5, 0.6) is 0 Å². The van der Waals surface area contributed by atoms with E-state index >= 15 is 0 Å². The van der Waals surface area contributed by atoms with Crippen molar-refractivity contribution >= 4 is 17.0 Å². The van der Waals surface area contributed by atoms with Crippen LogP contribution in [0.15, 0.2) is 39.7 Å². The third kappa shape index (κ3) is 3.93. The average Bonchev–Trinajstić information content (AvgIpc) is 3.05. The lowest BCUT2D eigenvalue weighted by atomic mass is 9.91. The first-order valence-electron chi connectivity index (χ1n) is 9.74. The highest BCUT2D eigenvalue weighted by Gasteiger charge is 2.27. The van der Waals surface area contributed by atoms with Crippen LogP contribution in [0.2, 0.25) is 0 Å². The lowest BCUT2D eigenvalue weighted by Crippen LogP contribution is -2.41. The van der Waals surface area contributed by atoms with Crippen molar-refractivity contribution in [2.24, 2.45) is 0 Å².